The third-order valence-corrected chi connectivity index (χ3v) is 7.12. The van der Waals surface area contributed by atoms with Gasteiger partial charge in [-0.2, -0.15) is 0 Å². The van der Waals surface area contributed by atoms with Crippen LogP contribution >= 0.6 is 11.6 Å². The van der Waals surface area contributed by atoms with Crippen LogP contribution in [0.2, 0.25) is 5.02 Å². The summed E-state index contributed by atoms with van der Waals surface area (Å²) in [4.78, 5) is 13.8. The molecule has 176 valence electrons. The lowest BCUT2D eigenvalue weighted by Gasteiger charge is -2.23. The molecule has 0 saturated heterocycles. The summed E-state index contributed by atoms with van der Waals surface area (Å²) in [6.45, 7) is 6.45. The number of sulfone groups is 1. The molecule has 33 heavy (non-hydrogen) atoms. The maximum Gasteiger partial charge on any atom is 0.287 e. The third-order valence-electron chi connectivity index (χ3n) is 5.37. The number of carbonyl (C=O) groups excluding carboxylic acids is 1. The van der Waals surface area contributed by atoms with E-state index in [0.717, 1.165) is 13.1 Å². The molecule has 0 bridgehead atoms. The van der Waals surface area contributed by atoms with Crippen molar-refractivity contribution in [2.24, 2.45) is 0 Å². The van der Waals surface area contributed by atoms with E-state index >= 15 is 0 Å². The molecule has 2 N–H and O–H groups in total. The smallest absolute Gasteiger partial charge is 0.287 e. The molecule has 0 aliphatic rings. The summed E-state index contributed by atoms with van der Waals surface area (Å²) in [7, 11) is -3.45. The number of hydrogen-bond donors (Lipinski definition) is 2. The molecule has 0 saturated carbocycles. The Morgan fingerprint density at radius 1 is 0.970 bits per heavy atom. The van der Waals surface area contributed by atoms with Crippen molar-refractivity contribution in [1.29, 1.82) is 0 Å². The Kier molecular flexibility index (Phi) is 8.72. The topological polar surface area (TPSA) is 80.8 Å². The minimum absolute atomic E-state index is 0.112. The molecule has 0 fully saturated rings. The van der Waals surface area contributed by atoms with Crippen LogP contribution < -0.4 is 10.2 Å². The fourth-order valence-corrected chi connectivity index (χ4v) is 5.06. The highest BCUT2D eigenvalue weighted by molar-refractivity contribution is 7.89. The highest BCUT2D eigenvalue weighted by Crippen LogP contribution is 2.17. The Labute approximate surface area is 200 Å². The normalized spacial score (nSPS) is 12.6. The molecule has 1 amide bonds. The number of benzene rings is 2. The van der Waals surface area contributed by atoms with Gasteiger partial charge >= 0.3 is 0 Å². The number of amides is 1. The molecular formula is C25H30ClN2O4S+. The van der Waals surface area contributed by atoms with Gasteiger partial charge in [-0.25, -0.2) is 8.42 Å². The minimum atomic E-state index is -3.45. The van der Waals surface area contributed by atoms with Crippen LogP contribution in [0.4, 0.5) is 0 Å². The van der Waals surface area contributed by atoms with E-state index in [1.807, 2.05) is 18.2 Å². The highest BCUT2D eigenvalue weighted by atomic mass is 35.5. The highest BCUT2D eigenvalue weighted by Gasteiger charge is 2.19. The lowest BCUT2D eigenvalue weighted by molar-refractivity contribution is -0.933. The van der Waals surface area contributed by atoms with Gasteiger partial charge in [0.2, 0.25) is 0 Å². The molecule has 8 heteroatoms. The van der Waals surface area contributed by atoms with E-state index in [-0.39, 0.29) is 28.9 Å². The Morgan fingerprint density at radius 2 is 1.67 bits per heavy atom. The lowest BCUT2D eigenvalue weighted by Crippen LogP contribution is -3.14. The summed E-state index contributed by atoms with van der Waals surface area (Å²) < 4.78 is 30.5. The molecule has 1 atom stereocenters. The quantitative estimate of drug-likeness (QED) is 0.433. The van der Waals surface area contributed by atoms with Crippen LogP contribution in [0.1, 0.15) is 41.3 Å². The number of rotatable bonds is 11. The number of furan rings is 1. The molecule has 0 aliphatic carbocycles. The average Bonchev–Trinajstić information content (AvgIpc) is 3.23. The minimum Gasteiger partial charge on any atom is -0.455 e. The number of quaternary nitrogens is 1. The zero-order valence-electron chi connectivity index (χ0n) is 18.9. The number of halogens is 1. The fourth-order valence-electron chi connectivity index (χ4n) is 3.54. The molecule has 3 aromatic rings. The van der Waals surface area contributed by atoms with Gasteiger partial charge in [-0.15, -0.1) is 0 Å². The second-order valence-corrected chi connectivity index (χ2v) is 10.9. The van der Waals surface area contributed by atoms with E-state index in [4.69, 9.17) is 16.0 Å². The average molecular weight is 490 g/mol. The maximum absolute atomic E-state index is 12.5. The monoisotopic (exact) mass is 489 g/mol. The van der Waals surface area contributed by atoms with Crippen molar-refractivity contribution in [1.82, 2.24) is 5.32 Å². The van der Waals surface area contributed by atoms with Crippen LogP contribution in [0.15, 0.2) is 71.1 Å². The van der Waals surface area contributed by atoms with Gasteiger partial charge in [-0.1, -0.05) is 54.1 Å². The summed E-state index contributed by atoms with van der Waals surface area (Å²) in [5.74, 6) is -0.389. The van der Waals surface area contributed by atoms with Crippen LogP contribution in [0.3, 0.4) is 0 Å². The van der Waals surface area contributed by atoms with E-state index in [1.165, 1.54) is 22.6 Å². The first-order chi connectivity index (χ1) is 15.7. The van der Waals surface area contributed by atoms with Crippen LogP contribution in [0.25, 0.3) is 0 Å². The molecule has 0 aliphatic heterocycles. The Morgan fingerprint density at radius 3 is 2.33 bits per heavy atom. The van der Waals surface area contributed by atoms with Crippen molar-refractivity contribution in [2.75, 3.05) is 13.1 Å². The largest absolute Gasteiger partial charge is 0.455 e. The van der Waals surface area contributed by atoms with E-state index < -0.39 is 9.84 Å². The van der Waals surface area contributed by atoms with Gasteiger partial charge in [0.25, 0.3) is 5.91 Å². The van der Waals surface area contributed by atoms with E-state index in [2.05, 4.69) is 31.3 Å². The number of nitrogens with one attached hydrogen (secondary N) is 2. The van der Waals surface area contributed by atoms with Crippen molar-refractivity contribution in [3.63, 3.8) is 0 Å². The van der Waals surface area contributed by atoms with Crippen molar-refractivity contribution in [3.8, 4) is 0 Å². The zero-order valence-corrected chi connectivity index (χ0v) is 20.5. The van der Waals surface area contributed by atoms with Gasteiger partial charge in [0.05, 0.1) is 24.9 Å². The van der Waals surface area contributed by atoms with Crippen LogP contribution in [0.5, 0.6) is 0 Å². The molecule has 2 aromatic carbocycles. The Balaban J connectivity index is 1.51. The molecule has 0 spiro atoms. The SMILES string of the molecule is CC(C)[NH+](CCNC(=O)c1ccc(CS(=O)(=O)Cc2ccc(Cl)cc2)o1)Cc1ccccc1. The van der Waals surface area contributed by atoms with Gasteiger partial charge in [0.15, 0.2) is 15.6 Å². The predicted molar refractivity (Wildman–Crippen MR) is 130 cm³/mol. The first kappa shape index (κ1) is 25.0. The molecule has 1 aromatic heterocycles. The maximum atomic E-state index is 12.5. The predicted octanol–water partition coefficient (Wildman–Crippen LogP) is 3.27. The van der Waals surface area contributed by atoms with Crippen LogP contribution in [-0.2, 0) is 27.9 Å². The summed E-state index contributed by atoms with van der Waals surface area (Å²) in [5.41, 5.74) is 1.90. The second kappa shape index (κ2) is 11.5. The summed E-state index contributed by atoms with van der Waals surface area (Å²) >= 11 is 5.85. The van der Waals surface area contributed by atoms with Gasteiger partial charge in [-0.05, 0) is 43.7 Å². The van der Waals surface area contributed by atoms with Crippen LogP contribution in [-0.4, -0.2) is 33.5 Å². The van der Waals surface area contributed by atoms with Gasteiger partial charge in [0.1, 0.15) is 18.1 Å². The second-order valence-electron chi connectivity index (χ2n) is 8.41. The van der Waals surface area contributed by atoms with Crippen molar-refractivity contribution < 1.29 is 22.5 Å². The van der Waals surface area contributed by atoms with Gasteiger partial charge in [0, 0.05) is 10.6 Å². The van der Waals surface area contributed by atoms with Crippen molar-refractivity contribution in [2.45, 2.75) is 37.9 Å². The first-order valence-electron chi connectivity index (χ1n) is 10.9. The zero-order chi connectivity index (χ0) is 23.8. The van der Waals surface area contributed by atoms with Crippen molar-refractivity contribution in [3.05, 3.63) is 94.4 Å². The molecule has 0 radical (unpaired) electrons. The van der Waals surface area contributed by atoms with Gasteiger partial charge in [-0.3, -0.25) is 4.79 Å². The molecule has 3 rings (SSSR count). The van der Waals surface area contributed by atoms with Gasteiger partial charge < -0.3 is 14.6 Å². The van der Waals surface area contributed by atoms with E-state index in [1.54, 1.807) is 24.3 Å². The Hall–Kier alpha value is -2.61. The summed E-state index contributed by atoms with van der Waals surface area (Å²) in [6, 6.07) is 20.4. The fraction of sp³-hybridized carbons (Fsp3) is 0.320. The summed E-state index contributed by atoms with van der Waals surface area (Å²) in [6.07, 6.45) is 0. The van der Waals surface area contributed by atoms with E-state index in [9.17, 15) is 13.2 Å². The molecule has 1 heterocycles. The van der Waals surface area contributed by atoms with Crippen LogP contribution in [0, 0.1) is 0 Å². The first-order valence-corrected chi connectivity index (χ1v) is 13.1. The van der Waals surface area contributed by atoms with E-state index in [0.29, 0.717) is 23.2 Å². The third kappa shape index (κ3) is 8.03. The lowest BCUT2D eigenvalue weighted by atomic mass is 10.2. The number of carbonyl (C=O) groups is 1. The molecule has 6 nitrogen and oxygen atoms in total. The number of hydrogen-bond acceptors (Lipinski definition) is 4. The summed E-state index contributed by atoms with van der Waals surface area (Å²) in [5, 5.41) is 3.43. The van der Waals surface area contributed by atoms with Crippen molar-refractivity contribution >= 4 is 27.3 Å². The Bertz CT molecular complexity index is 1140. The standard InChI is InChI=1S/C25H29ClN2O4S/c1-19(2)28(16-20-6-4-3-5-7-20)15-14-27-25(29)24-13-12-23(32-24)18-33(30,31)17-21-8-10-22(26)11-9-21/h3-13,19H,14-18H2,1-2H3,(H,27,29)/p+1. The molecule has 1 unspecified atom stereocenters. The molecular weight excluding hydrogens is 460 g/mol.